The number of thiophene rings is 1. The van der Waals surface area contributed by atoms with Gasteiger partial charge in [-0.15, -0.1) is 11.3 Å². The van der Waals surface area contributed by atoms with Gasteiger partial charge in [0.2, 0.25) is 17.6 Å². The van der Waals surface area contributed by atoms with Crippen molar-refractivity contribution in [3.8, 4) is 10.7 Å². The molecule has 0 aliphatic carbocycles. The van der Waals surface area contributed by atoms with Gasteiger partial charge in [0.25, 0.3) is 0 Å². The number of primary amides is 1. The number of hydrogen-bond donors (Lipinski definition) is 1. The molecule has 0 saturated carbocycles. The number of carbonyl (C=O) groups is 1. The smallest absolute Gasteiger partial charge is 0.242 e. The van der Waals surface area contributed by atoms with Crippen molar-refractivity contribution in [3.05, 3.63) is 23.4 Å². The number of hydrogen-bond acceptors (Lipinski definition) is 7. The quantitative estimate of drug-likeness (QED) is 0.863. The van der Waals surface area contributed by atoms with Crippen LogP contribution in [-0.4, -0.2) is 29.7 Å². The minimum absolute atomic E-state index is 0.0588. The van der Waals surface area contributed by atoms with E-state index < -0.39 is 26.7 Å². The molecule has 0 radical (unpaired) electrons. The number of sulfone groups is 1. The molecule has 0 aliphatic heterocycles. The zero-order chi connectivity index (χ0) is 14.0. The maximum atomic E-state index is 11.8. The Hall–Kier alpha value is -1.74. The first kappa shape index (κ1) is 13.7. The van der Waals surface area contributed by atoms with Crippen LogP contribution >= 0.6 is 11.3 Å². The molecule has 0 bridgehead atoms. The van der Waals surface area contributed by atoms with Crippen LogP contribution in [-0.2, 0) is 20.4 Å². The molecule has 19 heavy (non-hydrogen) atoms. The molecule has 2 aromatic heterocycles. The van der Waals surface area contributed by atoms with Crippen LogP contribution in [0.2, 0.25) is 0 Å². The standard InChI is InChI=1S/C10H11N3O4S2/c1-6(9(11)14)19(15,16)5-8-12-10(13-17-8)7-3-2-4-18-7/h2-4,6H,5H2,1H3,(H2,11,14). The Balaban J connectivity index is 2.19. The maximum Gasteiger partial charge on any atom is 0.242 e. The van der Waals surface area contributed by atoms with Crippen molar-refractivity contribution < 1.29 is 17.7 Å². The van der Waals surface area contributed by atoms with Crippen molar-refractivity contribution >= 4 is 27.1 Å². The van der Waals surface area contributed by atoms with Gasteiger partial charge in [0.05, 0.1) is 4.88 Å². The molecule has 0 aromatic carbocycles. The van der Waals surface area contributed by atoms with E-state index in [0.717, 1.165) is 4.88 Å². The third kappa shape index (κ3) is 2.99. The summed E-state index contributed by atoms with van der Waals surface area (Å²) < 4.78 is 28.5. The highest BCUT2D eigenvalue weighted by Crippen LogP contribution is 2.22. The summed E-state index contributed by atoms with van der Waals surface area (Å²) in [5.41, 5.74) is 4.98. The van der Waals surface area contributed by atoms with E-state index in [0.29, 0.717) is 5.82 Å². The first-order chi connectivity index (χ1) is 8.90. The molecule has 1 amide bonds. The Kier molecular flexibility index (Phi) is 3.67. The largest absolute Gasteiger partial charge is 0.369 e. The summed E-state index contributed by atoms with van der Waals surface area (Å²) >= 11 is 1.41. The maximum absolute atomic E-state index is 11.8. The van der Waals surface area contributed by atoms with E-state index in [1.807, 2.05) is 11.4 Å². The van der Waals surface area contributed by atoms with Crippen LogP contribution in [0.1, 0.15) is 12.8 Å². The third-order valence-corrected chi connectivity index (χ3v) is 5.30. The Labute approximate surface area is 113 Å². The van der Waals surface area contributed by atoms with Crippen molar-refractivity contribution in [2.75, 3.05) is 0 Å². The molecule has 0 saturated heterocycles. The summed E-state index contributed by atoms with van der Waals surface area (Å²) in [4.78, 5) is 15.7. The Bertz CT molecular complexity index is 675. The monoisotopic (exact) mass is 301 g/mol. The molecule has 0 fully saturated rings. The van der Waals surface area contributed by atoms with Gasteiger partial charge in [-0.2, -0.15) is 4.98 Å². The first-order valence-corrected chi connectivity index (χ1v) is 7.87. The van der Waals surface area contributed by atoms with Crippen LogP contribution in [0.3, 0.4) is 0 Å². The van der Waals surface area contributed by atoms with Crippen LogP contribution in [0, 0.1) is 0 Å². The van der Waals surface area contributed by atoms with Gasteiger partial charge in [0.1, 0.15) is 11.0 Å². The summed E-state index contributed by atoms with van der Waals surface area (Å²) in [6.45, 7) is 1.23. The van der Waals surface area contributed by atoms with Crippen LogP contribution in [0.4, 0.5) is 0 Å². The van der Waals surface area contributed by atoms with Gasteiger partial charge in [-0.3, -0.25) is 4.79 Å². The van der Waals surface area contributed by atoms with Crippen molar-refractivity contribution in [1.29, 1.82) is 0 Å². The molecule has 9 heteroatoms. The Morgan fingerprint density at radius 1 is 1.58 bits per heavy atom. The molecule has 2 heterocycles. The summed E-state index contributed by atoms with van der Waals surface area (Å²) in [7, 11) is -3.74. The number of amides is 1. The molecule has 1 atom stereocenters. The Morgan fingerprint density at radius 3 is 2.89 bits per heavy atom. The summed E-state index contributed by atoms with van der Waals surface area (Å²) in [6, 6.07) is 3.61. The van der Waals surface area contributed by atoms with Crippen LogP contribution in [0.25, 0.3) is 10.7 Å². The highest BCUT2D eigenvalue weighted by Gasteiger charge is 2.28. The van der Waals surface area contributed by atoms with Gasteiger partial charge in [0, 0.05) is 0 Å². The number of nitrogens with zero attached hydrogens (tertiary/aromatic N) is 2. The van der Waals surface area contributed by atoms with Crippen LogP contribution < -0.4 is 5.73 Å². The second-order valence-corrected chi connectivity index (χ2v) is 7.11. The lowest BCUT2D eigenvalue weighted by Crippen LogP contribution is -2.34. The highest BCUT2D eigenvalue weighted by atomic mass is 32.2. The van der Waals surface area contributed by atoms with E-state index in [-0.39, 0.29) is 5.89 Å². The fourth-order valence-electron chi connectivity index (χ4n) is 1.29. The molecule has 7 nitrogen and oxygen atoms in total. The van der Waals surface area contributed by atoms with Gasteiger partial charge < -0.3 is 10.3 Å². The van der Waals surface area contributed by atoms with Gasteiger partial charge in [-0.1, -0.05) is 11.2 Å². The predicted octanol–water partition coefficient (Wildman–Crippen LogP) is 0.587. The third-order valence-electron chi connectivity index (χ3n) is 2.47. The number of aromatic nitrogens is 2. The normalized spacial score (nSPS) is 13.3. The first-order valence-electron chi connectivity index (χ1n) is 5.27. The van der Waals surface area contributed by atoms with Gasteiger partial charge in [0.15, 0.2) is 9.84 Å². The molecule has 0 aliphatic rings. The van der Waals surface area contributed by atoms with E-state index in [1.54, 1.807) is 6.07 Å². The predicted molar refractivity (Wildman–Crippen MR) is 68.9 cm³/mol. The van der Waals surface area contributed by atoms with E-state index in [9.17, 15) is 13.2 Å². The number of nitrogens with two attached hydrogens (primary N) is 1. The molecule has 1 unspecified atom stereocenters. The molecule has 2 aromatic rings. The van der Waals surface area contributed by atoms with Crippen molar-refractivity contribution in [1.82, 2.24) is 10.1 Å². The van der Waals surface area contributed by atoms with Gasteiger partial charge >= 0.3 is 0 Å². The average molecular weight is 301 g/mol. The SMILES string of the molecule is CC(C(N)=O)S(=O)(=O)Cc1nc(-c2cccs2)no1. The molecule has 2 N–H and O–H groups in total. The highest BCUT2D eigenvalue weighted by molar-refractivity contribution is 7.92. The average Bonchev–Trinajstić information content (AvgIpc) is 2.96. The fraction of sp³-hybridized carbons (Fsp3) is 0.300. The minimum Gasteiger partial charge on any atom is -0.369 e. The fourth-order valence-corrected chi connectivity index (χ4v) is 3.01. The summed E-state index contributed by atoms with van der Waals surface area (Å²) in [5, 5.41) is 4.25. The van der Waals surface area contributed by atoms with Crippen LogP contribution in [0.15, 0.2) is 22.0 Å². The van der Waals surface area contributed by atoms with E-state index in [1.165, 1.54) is 18.3 Å². The molecular formula is C10H11N3O4S2. The zero-order valence-electron chi connectivity index (χ0n) is 9.94. The molecule has 102 valence electrons. The second kappa shape index (κ2) is 5.10. The topological polar surface area (TPSA) is 116 Å². The van der Waals surface area contributed by atoms with Gasteiger partial charge in [-0.25, -0.2) is 8.42 Å². The Morgan fingerprint density at radius 2 is 2.32 bits per heavy atom. The second-order valence-electron chi connectivity index (χ2n) is 3.84. The molecular weight excluding hydrogens is 290 g/mol. The lowest BCUT2D eigenvalue weighted by Gasteiger charge is -2.06. The van der Waals surface area contributed by atoms with Crippen molar-refractivity contribution in [3.63, 3.8) is 0 Å². The summed E-state index contributed by atoms with van der Waals surface area (Å²) in [5.74, 6) is -1.14. The summed E-state index contributed by atoms with van der Waals surface area (Å²) in [6.07, 6.45) is 0. The van der Waals surface area contributed by atoms with E-state index in [4.69, 9.17) is 10.3 Å². The van der Waals surface area contributed by atoms with Crippen molar-refractivity contribution in [2.24, 2.45) is 5.73 Å². The van der Waals surface area contributed by atoms with E-state index >= 15 is 0 Å². The minimum atomic E-state index is -3.74. The number of carbonyl (C=O) groups excluding carboxylic acids is 1. The molecule has 2 rings (SSSR count). The zero-order valence-corrected chi connectivity index (χ0v) is 11.6. The molecule has 0 spiro atoms. The van der Waals surface area contributed by atoms with E-state index in [2.05, 4.69) is 10.1 Å². The lowest BCUT2D eigenvalue weighted by atomic mass is 10.4. The number of rotatable bonds is 5. The van der Waals surface area contributed by atoms with Crippen LogP contribution in [0.5, 0.6) is 0 Å². The van der Waals surface area contributed by atoms with Crippen molar-refractivity contribution in [2.45, 2.75) is 17.9 Å². The lowest BCUT2D eigenvalue weighted by molar-refractivity contribution is -0.117. The van der Waals surface area contributed by atoms with Gasteiger partial charge in [-0.05, 0) is 18.4 Å².